The van der Waals surface area contributed by atoms with E-state index < -0.39 is 5.92 Å². The Hall–Kier alpha value is -2.53. The van der Waals surface area contributed by atoms with Gasteiger partial charge in [0.2, 0.25) is 5.16 Å². The summed E-state index contributed by atoms with van der Waals surface area (Å²) < 4.78 is 1.52. The van der Waals surface area contributed by atoms with Gasteiger partial charge in [0.05, 0.1) is 17.5 Å². The topological polar surface area (TPSA) is 108 Å². The number of rotatable bonds is 6. The van der Waals surface area contributed by atoms with E-state index in [0.717, 1.165) is 17.4 Å². The predicted molar refractivity (Wildman–Crippen MR) is 77.4 cm³/mol. The van der Waals surface area contributed by atoms with Gasteiger partial charge in [0.15, 0.2) is 5.78 Å². The highest BCUT2D eigenvalue weighted by atomic mass is 32.2. The Morgan fingerprint density at radius 3 is 2.81 bits per heavy atom. The summed E-state index contributed by atoms with van der Waals surface area (Å²) in [6, 6.07) is 11.1. The number of thioether (sulfide) groups is 1. The molecule has 0 radical (unpaired) electrons. The van der Waals surface area contributed by atoms with Gasteiger partial charge < -0.3 is 5.41 Å². The van der Waals surface area contributed by atoms with Gasteiger partial charge in [0, 0.05) is 5.71 Å². The van der Waals surface area contributed by atoms with Crippen LogP contribution in [0.25, 0.3) is 5.69 Å². The maximum atomic E-state index is 11.9. The largest absolute Gasteiger partial charge is 0.308 e. The van der Waals surface area contributed by atoms with Gasteiger partial charge in [0.1, 0.15) is 5.92 Å². The maximum Gasteiger partial charge on any atom is 0.214 e. The van der Waals surface area contributed by atoms with Gasteiger partial charge in [-0.1, -0.05) is 30.0 Å². The minimum atomic E-state index is -1.00. The van der Waals surface area contributed by atoms with E-state index in [1.165, 1.54) is 11.6 Å². The van der Waals surface area contributed by atoms with Crippen molar-refractivity contribution in [1.82, 2.24) is 20.2 Å². The van der Waals surface area contributed by atoms with Crippen molar-refractivity contribution < 1.29 is 4.79 Å². The second-order valence-electron chi connectivity index (χ2n) is 4.21. The molecule has 1 heterocycles. The van der Waals surface area contributed by atoms with Crippen molar-refractivity contribution in [2.75, 3.05) is 5.75 Å². The van der Waals surface area contributed by atoms with Crippen LogP contribution in [0.5, 0.6) is 0 Å². The molecule has 0 fully saturated rings. The lowest BCUT2D eigenvalue weighted by atomic mass is 10.0. The van der Waals surface area contributed by atoms with Gasteiger partial charge in [0.25, 0.3) is 0 Å². The van der Waals surface area contributed by atoms with E-state index in [1.807, 2.05) is 36.4 Å². The van der Waals surface area contributed by atoms with E-state index in [0.29, 0.717) is 5.16 Å². The van der Waals surface area contributed by atoms with Crippen LogP contribution in [0.1, 0.15) is 6.92 Å². The van der Waals surface area contributed by atoms with Gasteiger partial charge in [-0.3, -0.25) is 4.79 Å². The number of nitrogens with zero attached hydrogens (tertiary/aromatic N) is 5. The fourth-order valence-electron chi connectivity index (χ4n) is 1.63. The normalized spacial score (nSPS) is 11.6. The van der Waals surface area contributed by atoms with Crippen LogP contribution in [0.3, 0.4) is 0 Å². The number of ketones is 1. The smallest absolute Gasteiger partial charge is 0.214 e. The summed E-state index contributed by atoms with van der Waals surface area (Å²) in [6.45, 7) is 1.45. The number of Topliss-reactive ketones (excluding diaryl/α,β-unsaturated/α-hetero) is 1. The molecule has 1 atom stereocenters. The molecular weight excluding hydrogens is 288 g/mol. The molecule has 0 amide bonds. The van der Waals surface area contributed by atoms with Crippen molar-refractivity contribution in [3.8, 4) is 11.8 Å². The highest BCUT2D eigenvalue weighted by Gasteiger charge is 2.21. The molecule has 1 N–H and O–H groups in total. The number of carbonyl (C=O) groups excluding carboxylic acids is 1. The Morgan fingerprint density at radius 1 is 1.48 bits per heavy atom. The quantitative estimate of drug-likeness (QED) is 0.639. The van der Waals surface area contributed by atoms with Crippen LogP contribution >= 0.6 is 11.8 Å². The van der Waals surface area contributed by atoms with Crippen LogP contribution in [-0.2, 0) is 4.79 Å². The molecule has 0 aliphatic carbocycles. The van der Waals surface area contributed by atoms with Gasteiger partial charge in [-0.15, -0.1) is 5.10 Å². The van der Waals surface area contributed by atoms with E-state index >= 15 is 0 Å². The Labute approximate surface area is 125 Å². The molecule has 1 aromatic heterocycles. The molecule has 0 aliphatic heterocycles. The molecule has 1 unspecified atom stereocenters. The zero-order valence-electron chi connectivity index (χ0n) is 11.2. The Kier molecular flexibility index (Phi) is 4.79. The van der Waals surface area contributed by atoms with Crippen molar-refractivity contribution in [2.45, 2.75) is 12.1 Å². The number of aromatic nitrogens is 4. The molecule has 106 valence electrons. The third kappa shape index (κ3) is 3.52. The number of nitrogens with one attached hydrogen (secondary N) is 1. The molecule has 0 aliphatic rings. The zero-order valence-corrected chi connectivity index (χ0v) is 12.0. The highest BCUT2D eigenvalue weighted by molar-refractivity contribution is 7.99. The molecule has 0 saturated carbocycles. The van der Waals surface area contributed by atoms with Crippen molar-refractivity contribution >= 4 is 23.3 Å². The first-order valence-electron chi connectivity index (χ1n) is 6.07. The molecule has 7 nitrogen and oxygen atoms in total. The minimum absolute atomic E-state index is 0.0433. The average Bonchev–Trinajstić information content (AvgIpc) is 2.95. The van der Waals surface area contributed by atoms with Crippen LogP contribution in [0.4, 0.5) is 0 Å². The van der Waals surface area contributed by atoms with Crippen LogP contribution < -0.4 is 0 Å². The molecular formula is C13H12N6OS. The molecule has 2 aromatic rings. The molecule has 1 aromatic carbocycles. The predicted octanol–water partition coefficient (Wildman–Crippen LogP) is 1.50. The van der Waals surface area contributed by atoms with Gasteiger partial charge in [-0.2, -0.15) is 9.94 Å². The van der Waals surface area contributed by atoms with Crippen LogP contribution in [0, 0.1) is 22.7 Å². The fourth-order valence-corrected chi connectivity index (χ4v) is 2.43. The first kappa shape index (κ1) is 14.9. The number of benzene rings is 1. The van der Waals surface area contributed by atoms with Crippen molar-refractivity contribution in [3.63, 3.8) is 0 Å². The first-order chi connectivity index (χ1) is 10.1. The van der Waals surface area contributed by atoms with Crippen LogP contribution in [-0.4, -0.2) is 37.5 Å². The summed E-state index contributed by atoms with van der Waals surface area (Å²) >= 11 is 1.15. The summed E-state index contributed by atoms with van der Waals surface area (Å²) in [7, 11) is 0. The van der Waals surface area contributed by atoms with E-state index in [-0.39, 0.29) is 17.2 Å². The van der Waals surface area contributed by atoms with Crippen LogP contribution in [0.2, 0.25) is 0 Å². The second kappa shape index (κ2) is 6.76. The lowest BCUT2D eigenvalue weighted by Gasteiger charge is -2.06. The van der Waals surface area contributed by atoms with E-state index in [9.17, 15) is 4.79 Å². The second-order valence-corrected chi connectivity index (χ2v) is 5.15. The molecule has 21 heavy (non-hydrogen) atoms. The summed E-state index contributed by atoms with van der Waals surface area (Å²) in [5, 5.41) is 28.1. The van der Waals surface area contributed by atoms with Gasteiger partial charge in [-0.05, 0) is 29.5 Å². The van der Waals surface area contributed by atoms with Crippen LogP contribution in [0.15, 0.2) is 35.5 Å². The highest BCUT2D eigenvalue weighted by Crippen LogP contribution is 2.19. The fraction of sp³-hybridized carbons (Fsp3) is 0.231. The van der Waals surface area contributed by atoms with E-state index in [2.05, 4.69) is 15.5 Å². The molecule has 0 spiro atoms. The third-order valence-corrected chi connectivity index (χ3v) is 3.61. The Bertz CT molecular complexity index is 690. The summed E-state index contributed by atoms with van der Waals surface area (Å²) in [4.78, 5) is 11.9. The average molecular weight is 300 g/mol. The minimum Gasteiger partial charge on any atom is -0.308 e. The Morgan fingerprint density at radius 2 is 2.19 bits per heavy atom. The summed E-state index contributed by atoms with van der Waals surface area (Å²) in [5.41, 5.74) is 0.836. The van der Waals surface area contributed by atoms with Crippen molar-refractivity contribution in [3.05, 3.63) is 30.3 Å². The monoisotopic (exact) mass is 300 g/mol. The molecule has 0 bridgehead atoms. The molecule has 2 rings (SSSR count). The Balaban J connectivity index is 2.09. The number of tetrazole rings is 1. The van der Waals surface area contributed by atoms with Gasteiger partial charge >= 0.3 is 0 Å². The number of hydrogen-bond donors (Lipinski definition) is 1. The first-order valence-corrected chi connectivity index (χ1v) is 7.06. The molecule has 0 saturated heterocycles. The molecule has 8 heteroatoms. The maximum absolute atomic E-state index is 11.9. The van der Waals surface area contributed by atoms with E-state index in [1.54, 1.807) is 0 Å². The summed E-state index contributed by atoms with van der Waals surface area (Å²) in [6.07, 6.45) is 0. The number of para-hydroxylation sites is 1. The lowest BCUT2D eigenvalue weighted by molar-refractivity contribution is -0.117. The third-order valence-electron chi connectivity index (χ3n) is 2.67. The van der Waals surface area contributed by atoms with Crippen molar-refractivity contribution in [1.29, 1.82) is 10.7 Å². The standard InChI is InChI=1S/C13H12N6OS/c1-9(15)11(7-14)12(20)8-21-13-16-17-18-19(13)10-5-3-2-4-6-10/h2-6,11,15H,8H2,1H3. The number of nitriles is 1. The number of carbonyl (C=O) groups is 1. The van der Waals surface area contributed by atoms with Crippen molar-refractivity contribution in [2.24, 2.45) is 5.92 Å². The van der Waals surface area contributed by atoms with E-state index in [4.69, 9.17) is 10.7 Å². The number of hydrogen-bond acceptors (Lipinski definition) is 7. The SMILES string of the molecule is CC(=N)C(C#N)C(=O)CSc1nnnn1-c1ccccc1. The summed E-state index contributed by atoms with van der Waals surface area (Å²) in [5.74, 6) is -1.28. The van der Waals surface area contributed by atoms with Gasteiger partial charge in [-0.25, -0.2) is 0 Å². The lowest BCUT2D eigenvalue weighted by Crippen LogP contribution is -2.21. The zero-order chi connectivity index (χ0) is 15.2.